The van der Waals surface area contributed by atoms with Crippen molar-refractivity contribution in [1.82, 2.24) is 4.90 Å². The number of hydrogen-bond acceptors (Lipinski definition) is 3. The fourth-order valence-electron chi connectivity index (χ4n) is 1.17. The summed E-state index contributed by atoms with van der Waals surface area (Å²) in [5.74, 6) is -1.13. The molecule has 1 aromatic heterocycles. The molecule has 0 saturated carbocycles. The van der Waals surface area contributed by atoms with Crippen LogP contribution in [0.2, 0.25) is 0 Å². The van der Waals surface area contributed by atoms with Gasteiger partial charge in [0, 0.05) is 6.54 Å². The van der Waals surface area contributed by atoms with Gasteiger partial charge in [-0.05, 0) is 28.1 Å². The van der Waals surface area contributed by atoms with Gasteiger partial charge in [0.2, 0.25) is 0 Å². The largest absolute Gasteiger partial charge is 0.444 e. The Hall–Kier alpha value is -1.02. The van der Waals surface area contributed by atoms with Crippen molar-refractivity contribution in [2.45, 2.75) is 6.18 Å². The van der Waals surface area contributed by atoms with Crippen molar-refractivity contribution in [2.24, 2.45) is 0 Å². The maximum Gasteiger partial charge on any atom is 0.406 e. The van der Waals surface area contributed by atoms with Gasteiger partial charge in [-0.1, -0.05) is 0 Å². The monoisotopic (exact) mass is 315 g/mol. The first-order chi connectivity index (χ1) is 7.83. The number of aliphatic hydroxyl groups excluding tert-OH is 1. The fraction of sp³-hybridized carbons (Fsp3) is 0.444. The molecular weight excluding hydrogens is 307 g/mol. The zero-order valence-electron chi connectivity index (χ0n) is 8.50. The highest BCUT2D eigenvalue weighted by atomic mass is 79.9. The van der Waals surface area contributed by atoms with Crippen LogP contribution in [0.25, 0.3) is 0 Å². The summed E-state index contributed by atoms with van der Waals surface area (Å²) in [6, 6.07) is 2.66. The van der Waals surface area contributed by atoms with E-state index in [1.54, 1.807) is 0 Å². The summed E-state index contributed by atoms with van der Waals surface area (Å²) >= 11 is 2.94. The van der Waals surface area contributed by atoms with E-state index in [0.29, 0.717) is 4.90 Å². The number of amides is 1. The van der Waals surface area contributed by atoms with Crippen molar-refractivity contribution in [2.75, 3.05) is 19.7 Å². The molecule has 17 heavy (non-hydrogen) atoms. The highest BCUT2D eigenvalue weighted by Gasteiger charge is 2.33. The molecule has 0 unspecified atom stereocenters. The second-order valence-electron chi connectivity index (χ2n) is 3.17. The van der Waals surface area contributed by atoms with Crippen molar-refractivity contribution in [1.29, 1.82) is 0 Å². The lowest BCUT2D eigenvalue weighted by Crippen LogP contribution is -2.40. The lowest BCUT2D eigenvalue weighted by atomic mass is 10.3. The Morgan fingerprint density at radius 3 is 2.53 bits per heavy atom. The zero-order chi connectivity index (χ0) is 13.1. The van der Waals surface area contributed by atoms with Gasteiger partial charge >= 0.3 is 6.18 Å². The van der Waals surface area contributed by atoms with E-state index < -0.39 is 31.8 Å². The summed E-state index contributed by atoms with van der Waals surface area (Å²) in [5.41, 5.74) is 0. The minimum absolute atomic E-state index is 0.213. The van der Waals surface area contributed by atoms with Gasteiger partial charge < -0.3 is 14.4 Å². The molecule has 0 fully saturated rings. The lowest BCUT2D eigenvalue weighted by molar-refractivity contribution is -0.141. The third-order valence-electron chi connectivity index (χ3n) is 1.81. The quantitative estimate of drug-likeness (QED) is 0.925. The number of rotatable bonds is 4. The van der Waals surface area contributed by atoms with E-state index in [1.807, 2.05) is 0 Å². The normalized spacial score (nSPS) is 11.6. The minimum Gasteiger partial charge on any atom is -0.444 e. The van der Waals surface area contributed by atoms with Crippen LogP contribution >= 0.6 is 15.9 Å². The summed E-state index contributed by atoms with van der Waals surface area (Å²) in [7, 11) is 0. The maximum absolute atomic E-state index is 12.2. The molecule has 4 nitrogen and oxygen atoms in total. The number of halogens is 4. The van der Waals surface area contributed by atoms with Crippen LogP contribution in [0.15, 0.2) is 21.2 Å². The molecule has 0 aliphatic heterocycles. The van der Waals surface area contributed by atoms with Gasteiger partial charge in [0.05, 0.1) is 6.61 Å². The standard InChI is InChI=1S/C9H9BrF3NO3/c10-7-2-1-6(17-7)8(16)14(3-4-15)5-9(11,12)13/h1-2,15H,3-5H2. The number of aliphatic hydroxyl groups is 1. The highest BCUT2D eigenvalue weighted by molar-refractivity contribution is 9.10. The van der Waals surface area contributed by atoms with Crippen LogP contribution in [0.5, 0.6) is 0 Å². The molecule has 1 N–H and O–H groups in total. The molecule has 1 heterocycles. The Labute approximate surface area is 103 Å². The predicted molar refractivity (Wildman–Crippen MR) is 55.5 cm³/mol. The van der Waals surface area contributed by atoms with Crippen LogP contribution in [0.4, 0.5) is 13.2 Å². The van der Waals surface area contributed by atoms with Gasteiger partial charge in [0.1, 0.15) is 6.54 Å². The van der Waals surface area contributed by atoms with E-state index in [1.165, 1.54) is 12.1 Å². The van der Waals surface area contributed by atoms with E-state index in [-0.39, 0.29) is 10.4 Å². The summed E-state index contributed by atoms with van der Waals surface area (Å²) < 4.78 is 41.7. The Kier molecular flexibility index (Phi) is 4.58. The van der Waals surface area contributed by atoms with Crippen LogP contribution < -0.4 is 0 Å². The summed E-state index contributed by atoms with van der Waals surface area (Å²) in [6.45, 7) is -2.38. The molecular formula is C9H9BrF3NO3. The van der Waals surface area contributed by atoms with Crippen LogP contribution in [-0.2, 0) is 0 Å². The molecule has 0 aromatic carbocycles. The van der Waals surface area contributed by atoms with E-state index >= 15 is 0 Å². The smallest absolute Gasteiger partial charge is 0.406 e. The Balaban J connectivity index is 2.80. The topological polar surface area (TPSA) is 53.7 Å². The molecule has 0 radical (unpaired) electrons. The van der Waals surface area contributed by atoms with E-state index in [0.717, 1.165) is 0 Å². The van der Waals surface area contributed by atoms with Gasteiger partial charge in [-0.3, -0.25) is 4.79 Å². The third kappa shape index (κ3) is 4.39. The minimum atomic E-state index is -4.52. The molecule has 8 heteroatoms. The zero-order valence-corrected chi connectivity index (χ0v) is 10.1. The summed E-state index contributed by atoms with van der Waals surface area (Å²) in [6.07, 6.45) is -4.52. The van der Waals surface area contributed by atoms with Gasteiger partial charge in [0.15, 0.2) is 10.4 Å². The molecule has 0 atom stereocenters. The molecule has 0 bridgehead atoms. The predicted octanol–water partition coefficient (Wildman–Crippen LogP) is 2.04. The second-order valence-corrected chi connectivity index (χ2v) is 3.95. The summed E-state index contributed by atoms with van der Waals surface area (Å²) in [4.78, 5) is 12.1. The SMILES string of the molecule is O=C(c1ccc(Br)o1)N(CCO)CC(F)(F)F. The van der Waals surface area contributed by atoms with Crippen LogP contribution in [0.1, 0.15) is 10.6 Å². The third-order valence-corrected chi connectivity index (χ3v) is 2.24. The number of hydrogen-bond donors (Lipinski definition) is 1. The molecule has 96 valence electrons. The Morgan fingerprint density at radius 1 is 1.47 bits per heavy atom. The van der Waals surface area contributed by atoms with Gasteiger partial charge in [-0.2, -0.15) is 13.2 Å². The molecule has 0 aliphatic carbocycles. The van der Waals surface area contributed by atoms with Crippen molar-refractivity contribution in [3.63, 3.8) is 0 Å². The fourth-order valence-corrected chi connectivity index (χ4v) is 1.48. The average molecular weight is 316 g/mol. The van der Waals surface area contributed by atoms with Crippen molar-refractivity contribution < 1.29 is 27.5 Å². The molecule has 0 aliphatic rings. The van der Waals surface area contributed by atoms with Crippen LogP contribution in [0.3, 0.4) is 0 Å². The number of alkyl halides is 3. The van der Waals surface area contributed by atoms with Crippen LogP contribution in [0, 0.1) is 0 Å². The maximum atomic E-state index is 12.2. The van der Waals surface area contributed by atoms with E-state index in [4.69, 9.17) is 9.52 Å². The summed E-state index contributed by atoms with van der Waals surface area (Å²) in [5, 5.41) is 8.63. The van der Waals surface area contributed by atoms with Crippen molar-refractivity contribution in [3.8, 4) is 0 Å². The highest BCUT2D eigenvalue weighted by Crippen LogP contribution is 2.20. The molecule has 1 aromatic rings. The first-order valence-electron chi connectivity index (χ1n) is 4.55. The first-order valence-corrected chi connectivity index (χ1v) is 5.35. The Morgan fingerprint density at radius 2 is 2.12 bits per heavy atom. The van der Waals surface area contributed by atoms with Crippen molar-refractivity contribution >= 4 is 21.8 Å². The Bertz CT molecular complexity index is 391. The van der Waals surface area contributed by atoms with Crippen molar-refractivity contribution in [3.05, 3.63) is 22.6 Å². The van der Waals surface area contributed by atoms with Gasteiger partial charge in [-0.15, -0.1) is 0 Å². The molecule has 0 spiro atoms. The number of nitrogens with zero attached hydrogens (tertiary/aromatic N) is 1. The average Bonchev–Trinajstić information content (AvgIpc) is 2.61. The first kappa shape index (κ1) is 14.0. The van der Waals surface area contributed by atoms with Crippen LogP contribution in [-0.4, -0.2) is 41.8 Å². The molecule has 1 amide bonds. The van der Waals surface area contributed by atoms with E-state index in [9.17, 15) is 18.0 Å². The number of furan rings is 1. The number of carbonyl (C=O) groups is 1. The molecule has 1 rings (SSSR count). The lowest BCUT2D eigenvalue weighted by Gasteiger charge is -2.21. The van der Waals surface area contributed by atoms with Gasteiger partial charge in [-0.25, -0.2) is 0 Å². The van der Waals surface area contributed by atoms with Gasteiger partial charge in [0.25, 0.3) is 5.91 Å². The molecule has 0 saturated heterocycles. The second kappa shape index (κ2) is 5.54. The van der Waals surface area contributed by atoms with E-state index in [2.05, 4.69) is 15.9 Å². The number of carbonyl (C=O) groups excluding carboxylic acids is 1.